The number of nitrogens with zero attached hydrogens (tertiary/aromatic N) is 3. The molecule has 0 unspecified atom stereocenters. The Bertz CT molecular complexity index is 1470. The van der Waals surface area contributed by atoms with Gasteiger partial charge in [0.05, 0.1) is 11.4 Å². The Morgan fingerprint density at radius 2 is 1.56 bits per heavy atom. The van der Waals surface area contributed by atoms with E-state index >= 15 is 0 Å². The number of aromatic nitrogens is 3. The van der Waals surface area contributed by atoms with Gasteiger partial charge in [-0.3, -0.25) is 4.90 Å². The van der Waals surface area contributed by atoms with Crippen molar-refractivity contribution < 1.29 is 0 Å². The Morgan fingerprint density at radius 3 is 2.32 bits per heavy atom. The lowest BCUT2D eigenvalue weighted by Crippen LogP contribution is -2.31. The summed E-state index contributed by atoms with van der Waals surface area (Å²) < 4.78 is 0. The van der Waals surface area contributed by atoms with Crippen molar-refractivity contribution in [1.82, 2.24) is 19.9 Å². The normalized spacial score (nSPS) is 13.8. The SMILES string of the molecule is Clc1ccc(-c2ncc3c(n2)CCN(Cc2c(-c4ccc(Cl)cc4)[nH]c4ccccc24)C3)cc1. The van der Waals surface area contributed by atoms with Crippen LogP contribution in [-0.4, -0.2) is 26.4 Å². The summed E-state index contributed by atoms with van der Waals surface area (Å²) in [6.07, 6.45) is 2.88. The highest BCUT2D eigenvalue weighted by Crippen LogP contribution is 2.33. The zero-order valence-electron chi connectivity index (χ0n) is 18.4. The standard InChI is InChI=1S/C28H22Cl2N4/c29-21-9-5-18(6-10-21)27-24(23-3-1-2-4-26(23)32-27)17-34-14-13-25-20(16-34)15-31-28(33-25)19-7-11-22(30)12-8-19/h1-12,15,32H,13-14,16-17H2. The largest absolute Gasteiger partial charge is 0.354 e. The molecule has 0 saturated heterocycles. The monoisotopic (exact) mass is 484 g/mol. The quantitative estimate of drug-likeness (QED) is 0.294. The maximum Gasteiger partial charge on any atom is 0.159 e. The number of para-hydroxylation sites is 1. The van der Waals surface area contributed by atoms with E-state index in [4.69, 9.17) is 28.2 Å². The zero-order valence-corrected chi connectivity index (χ0v) is 19.9. The van der Waals surface area contributed by atoms with Crippen LogP contribution in [0.4, 0.5) is 0 Å². The molecule has 0 aliphatic carbocycles. The molecular formula is C28H22Cl2N4. The van der Waals surface area contributed by atoms with Crippen molar-refractivity contribution in [3.63, 3.8) is 0 Å². The molecule has 3 aromatic carbocycles. The van der Waals surface area contributed by atoms with Crippen LogP contribution in [-0.2, 0) is 19.5 Å². The van der Waals surface area contributed by atoms with Crippen LogP contribution in [0.1, 0.15) is 16.8 Å². The van der Waals surface area contributed by atoms with Gasteiger partial charge in [0.2, 0.25) is 0 Å². The van der Waals surface area contributed by atoms with Crippen molar-refractivity contribution in [3.05, 3.63) is 106 Å². The fourth-order valence-electron chi connectivity index (χ4n) is 4.70. The molecule has 6 rings (SSSR count). The van der Waals surface area contributed by atoms with Gasteiger partial charge in [0.15, 0.2) is 5.82 Å². The number of hydrogen-bond donors (Lipinski definition) is 1. The third-order valence-electron chi connectivity index (χ3n) is 6.44. The van der Waals surface area contributed by atoms with E-state index in [0.717, 1.165) is 64.9 Å². The second-order valence-corrected chi connectivity index (χ2v) is 9.54. The molecule has 1 aliphatic rings. The molecule has 168 valence electrons. The zero-order chi connectivity index (χ0) is 23.1. The lowest BCUT2D eigenvalue weighted by Gasteiger charge is -2.28. The summed E-state index contributed by atoms with van der Waals surface area (Å²) in [6, 6.07) is 24.2. The summed E-state index contributed by atoms with van der Waals surface area (Å²) in [7, 11) is 0. The molecule has 0 atom stereocenters. The second kappa shape index (κ2) is 8.88. The van der Waals surface area contributed by atoms with E-state index in [0.29, 0.717) is 5.02 Å². The molecule has 4 nitrogen and oxygen atoms in total. The van der Waals surface area contributed by atoms with Crippen LogP contribution in [0.3, 0.4) is 0 Å². The van der Waals surface area contributed by atoms with Gasteiger partial charge < -0.3 is 4.98 Å². The second-order valence-electron chi connectivity index (χ2n) is 8.66. The van der Waals surface area contributed by atoms with Gasteiger partial charge in [0.25, 0.3) is 0 Å². The fraction of sp³-hybridized carbons (Fsp3) is 0.143. The van der Waals surface area contributed by atoms with E-state index in [1.807, 2.05) is 42.6 Å². The Morgan fingerprint density at radius 1 is 0.853 bits per heavy atom. The molecule has 0 radical (unpaired) electrons. The summed E-state index contributed by atoms with van der Waals surface area (Å²) in [5.74, 6) is 0.755. The number of fused-ring (bicyclic) bond motifs is 2. The van der Waals surface area contributed by atoms with Crippen molar-refractivity contribution in [1.29, 1.82) is 0 Å². The van der Waals surface area contributed by atoms with Crippen LogP contribution < -0.4 is 0 Å². The third kappa shape index (κ3) is 4.09. The first kappa shape index (κ1) is 21.4. The number of halogens is 2. The van der Waals surface area contributed by atoms with E-state index in [1.165, 1.54) is 16.5 Å². The highest BCUT2D eigenvalue weighted by molar-refractivity contribution is 6.30. The molecule has 6 heteroatoms. The average Bonchev–Trinajstić information content (AvgIpc) is 3.23. The molecule has 1 N–H and O–H groups in total. The topological polar surface area (TPSA) is 44.8 Å². The van der Waals surface area contributed by atoms with Crippen LogP contribution in [0.2, 0.25) is 10.0 Å². The molecule has 0 saturated carbocycles. The average molecular weight is 485 g/mol. The predicted octanol–water partition coefficient (Wildman–Crippen LogP) is 7.16. The minimum Gasteiger partial charge on any atom is -0.354 e. The van der Waals surface area contributed by atoms with E-state index in [2.05, 4.69) is 51.3 Å². The Hall–Kier alpha value is -3.18. The van der Waals surface area contributed by atoms with Crippen LogP contribution in [0.5, 0.6) is 0 Å². The van der Waals surface area contributed by atoms with E-state index < -0.39 is 0 Å². The Kier molecular flexibility index (Phi) is 5.58. The van der Waals surface area contributed by atoms with Crippen molar-refractivity contribution in [2.24, 2.45) is 0 Å². The summed E-state index contributed by atoms with van der Waals surface area (Å²) >= 11 is 12.2. The summed E-state index contributed by atoms with van der Waals surface area (Å²) in [5, 5.41) is 2.72. The first-order valence-corrected chi connectivity index (χ1v) is 12.1. The first-order valence-electron chi connectivity index (χ1n) is 11.3. The predicted molar refractivity (Wildman–Crippen MR) is 139 cm³/mol. The number of aromatic amines is 1. The van der Waals surface area contributed by atoms with Gasteiger partial charge in [-0.05, 0) is 53.6 Å². The van der Waals surface area contributed by atoms with Gasteiger partial charge in [-0.2, -0.15) is 0 Å². The maximum absolute atomic E-state index is 6.14. The molecular weight excluding hydrogens is 463 g/mol. The van der Waals surface area contributed by atoms with Crippen LogP contribution >= 0.6 is 23.2 Å². The van der Waals surface area contributed by atoms with Gasteiger partial charge >= 0.3 is 0 Å². The van der Waals surface area contributed by atoms with E-state index in [1.54, 1.807) is 0 Å². The number of nitrogens with one attached hydrogen (secondary N) is 1. The molecule has 0 bridgehead atoms. The van der Waals surface area contributed by atoms with Crippen molar-refractivity contribution >= 4 is 34.1 Å². The van der Waals surface area contributed by atoms with Crippen LogP contribution in [0.15, 0.2) is 79.0 Å². The van der Waals surface area contributed by atoms with Gasteiger partial charge in [-0.25, -0.2) is 9.97 Å². The van der Waals surface area contributed by atoms with Crippen LogP contribution in [0.25, 0.3) is 33.5 Å². The van der Waals surface area contributed by atoms with Gasteiger partial charge in [-0.15, -0.1) is 0 Å². The summed E-state index contributed by atoms with van der Waals surface area (Å²) in [6.45, 7) is 2.62. The molecule has 1 aliphatic heterocycles. The molecule has 0 amide bonds. The van der Waals surface area contributed by atoms with Gasteiger partial charge in [0.1, 0.15) is 0 Å². The minimum atomic E-state index is 0.715. The summed E-state index contributed by atoms with van der Waals surface area (Å²) in [4.78, 5) is 15.6. The summed E-state index contributed by atoms with van der Waals surface area (Å²) in [5.41, 5.74) is 8.06. The molecule has 5 aromatic rings. The number of rotatable bonds is 4. The third-order valence-corrected chi connectivity index (χ3v) is 6.95. The molecule has 2 aromatic heterocycles. The molecule has 3 heterocycles. The number of hydrogen-bond acceptors (Lipinski definition) is 3. The Labute approximate surface area is 208 Å². The van der Waals surface area contributed by atoms with Crippen LogP contribution in [0, 0.1) is 0 Å². The van der Waals surface area contributed by atoms with E-state index in [-0.39, 0.29) is 0 Å². The molecule has 0 fully saturated rings. The lowest BCUT2D eigenvalue weighted by molar-refractivity contribution is 0.244. The first-order chi connectivity index (χ1) is 16.6. The minimum absolute atomic E-state index is 0.715. The number of H-pyrrole nitrogens is 1. The van der Waals surface area contributed by atoms with Gasteiger partial charge in [-0.1, -0.05) is 53.5 Å². The highest BCUT2D eigenvalue weighted by atomic mass is 35.5. The van der Waals surface area contributed by atoms with E-state index in [9.17, 15) is 0 Å². The lowest BCUT2D eigenvalue weighted by atomic mass is 10.0. The number of benzene rings is 3. The van der Waals surface area contributed by atoms with Crippen molar-refractivity contribution in [3.8, 4) is 22.6 Å². The van der Waals surface area contributed by atoms with Gasteiger partial charge in [0, 0.05) is 64.3 Å². The molecule has 0 spiro atoms. The maximum atomic E-state index is 6.14. The smallest absolute Gasteiger partial charge is 0.159 e. The van der Waals surface area contributed by atoms with Crippen molar-refractivity contribution in [2.45, 2.75) is 19.5 Å². The fourth-order valence-corrected chi connectivity index (χ4v) is 4.95. The van der Waals surface area contributed by atoms with Crippen molar-refractivity contribution in [2.75, 3.05) is 6.54 Å². The Balaban J connectivity index is 1.29. The molecule has 34 heavy (non-hydrogen) atoms. The highest BCUT2D eigenvalue weighted by Gasteiger charge is 2.22.